The second-order valence-electron chi connectivity index (χ2n) is 7.34. The van der Waals surface area contributed by atoms with Crippen LogP contribution in [0.25, 0.3) is 0 Å². The van der Waals surface area contributed by atoms with E-state index in [-0.39, 0.29) is 16.8 Å². The Morgan fingerprint density at radius 3 is 2.08 bits per heavy atom. The van der Waals surface area contributed by atoms with Gasteiger partial charge in [-0.1, -0.05) is 65.2 Å². The maximum atomic E-state index is 12.5. The van der Waals surface area contributed by atoms with Crippen molar-refractivity contribution in [3.63, 3.8) is 0 Å². The first-order chi connectivity index (χ1) is 12.0. The van der Waals surface area contributed by atoms with Crippen molar-refractivity contribution in [1.82, 2.24) is 9.55 Å². The van der Waals surface area contributed by atoms with Crippen LogP contribution in [0.15, 0.2) is 15.8 Å². The molecule has 0 unspecified atom stereocenters. The van der Waals surface area contributed by atoms with Gasteiger partial charge in [0.2, 0.25) is 5.56 Å². The molecule has 1 N–H and O–H groups in total. The summed E-state index contributed by atoms with van der Waals surface area (Å²) in [5.74, 6) is 0. The first-order valence-corrected chi connectivity index (χ1v) is 11.4. The van der Waals surface area contributed by atoms with E-state index in [4.69, 9.17) is 0 Å². The summed E-state index contributed by atoms with van der Waals surface area (Å²) in [6, 6.07) is 0. The van der Waals surface area contributed by atoms with Gasteiger partial charge in [0, 0.05) is 11.7 Å². The fraction of sp³-hybridized carbons (Fsp3) is 0.778. The first-order valence-electron chi connectivity index (χ1n) is 9.89. The van der Waals surface area contributed by atoms with E-state index in [0.717, 1.165) is 36.2 Å². The molecule has 0 spiro atoms. The number of hydrogen-bond donors (Lipinski definition) is 1. The average molecular weight is 458 g/mol. The van der Waals surface area contributed by atoms with Gasteiger partial charge < -0.3 is 0 Å². The van der Waals surface area contributed by atoms with Crippen molar-refractivity contribution in [2.75, 3.05) is 0 Å². The van der Waals surface area contributed by atoms with Crippen LogP contribution in [0.4, 0.5) is 0 Å². The molecule has 0 saturated heterocycles. The minimum absolute atomic E-state index is 0.206. The Balaban J connectivity index is 3.05. The second-order valence-corrected chi connectivity index (χ2v) is 8.42. The van der Waals surface area contributed by atoms with Crippen molar-refractivity contribution in [3.05, 3.63) is 27.0 Å². The summed E-state index contributed by atoms with van der Waals surface area (Å²) in [5.41, 5.74) is 0.0400. The molecule has 0 aromatic carbocycles. The van der Waals surface area contributed by atoms with Crippen LogP contribution in [0.2, 0.25) is 0 Å². The minimum atomic E-state index is -0.254. The lowest BCUT2D eigenvalue weighted by atomic mass is 9.51. The van der Waals surface area contributed by atoms with Crippen LogP contribution in [0.5, 0.6) is 0 Å². The Labute approximate surface area is 166 Å². The minimum Gasteiger partial charge on any atom is -0.295 e. The lowest BCUT2D eigenvalue weighted by Crippen LogP contribution is -2.49. The molecule has 0 saturated carbocycles. The van der Waals surface area contributed by atoms with Gasteiger partial charge in [-0.05, 0) is 25.2 Å². The highest BCUT2D eigenvalue weighted by molar-refractivity contribution is 14.1. The van der Waals surface area contributed by atoms with Crippen LogP contribution in [-0.2, 0) is 5.54 Å². The molecule has 0 aliphatic heterocycles. The Kier molecular flexibility index (Phi) is 10.9. The Morgan fingerprint density at radius 1 is 1.04 bits per heavy atom. The van der Waals surface area contributed by atoms with Crippen molar-refractivity contribution in [2.45, 2.75) is 90.5 Å². The van der Waals surface area contributed by atoms with Crippen molar-refractivity contribution < 1.29 is 0 Å². The number of nitrogens with one attached hydrogen (secondary N) is 1. The molecule has 0 aliphatic rings. The van der Waals surface area contributed by atoms with E-state index in [2.05, 4.69) is 48.1 Å². The molecule has 25 heavy (non-hydrogen) atoms. The van der Waals surface area contributed by atoms with E-state index in [1.54, 1.807) is 0 Å². The number of nitrogens with zero attached hydrogens (tertiary/aromatic N) is 1. The molecule has 0 atom stereocenters. The van der Waals surface area contributed by atoms with Crippen LogP contribution >= 0.6 is 22.4 Å². The fourth-order valence-corrected chi connectivity index (χ4v) is 4.00. The SMILES string of the molecule is CCCCCCC(C)(CCCCCC)n1cc(BBI)c(=O)[nH]c1=O. The highest BCUT2D eigenvalue weighted by atomic mass is 127. The maximum absolute atomic E-state index is 12.5. The van der Waals surface area contributed by atoms with Gasteiger partial charge in [0.05, 0.1) is 0 Å². The van der Waals surface area contributed by atoms with Gasteiger partial charge in [-0.25, -0.2) is 4.79 Å². The van der Waals surface area contributed by atoms with Gasteiger partial charge in [-0.3, -0.25) is 14.3 Å². The number of hydrogen-bond acceptors (Lipinski definition) is 2. The molecule has 1 aromatic heterocycles. The lowest BCUT2D eigenvalue weighted by molar-refractivity contribution is 0.241. The van der Waals surface area contributed by atoms with E-state index in [1.807, 2.05) is 10.8 Å². The summed E-state index contributed by atoms with van der Waals surface area (Å²) in [6.07, 6.45) is 13.4. The van der Waals surface area contributed by atoms with Crippen molar-refractivity contribution in [1.29, 1.82) is 0 Å². The van der Waals surface area contributed by atoms with E-state index < -0.39 is 0 Å². The molecule has 1 rings (SSSR count). The zero-order valence-corrected chi connectivity index (χ0v) is 18.4. The Hall–Kier alpha value is -0.460. The van der Waals surface area contributed by atoms with Gasteiger partial charge in [0.15, 0.2) is 5.03 Å². The molecule has 0 amide bonds. The Bertz CT molecular complexity index is 604. The summed E-state index contributed by atoms with van der Waals surface area (Å²) in [7, 11) is 0.706. The second kappa shape index (κ2) is 12.0. The molecule has 0 bridgehead atoms. The van der Waals surface area contributed by atoms with Crippen molar-refractivity contribution in [2.24, 2.45) is 0 Å². The third-order valence-corrected chi connectivity index (χ3v) is 5.64. The number of aromatic amines is 1. The molecular weight excluding hydrogens is 425 g/mol. The fourth-order valence-electron chi connectivity index (χ4n) is 3.42. The smallest absolute Gasteiger partial charge is 0.295 e. The monoisotopic (exact) mass is 458 g/mol. The average Bonchev–Trinajstić information content (AvgIpc) is 2.58. The van der Waals surface area contributed by atoms with Crippen molar-refractivity contribution in [3.8, 4) is 0 Å². The van der Waals surface area contributed by atoms with Gasteiger partial charge in [0.25, 0.3) is 0 Å². The lowest BCUT2D eigenvalue weighted by Gasteiger charge is -2.32. The predicted molar refractivity (Wildman–Crippen MR) is 120 cm³/mol. The molecule has 140 valence electrons. The van der Waals surface area contributed by atoms with Crippen LogP contribution in [0.3, 0.4) is 0 Å². The topological polar surface area (TPSA) is 54.9 Å². The quantitative estimate of drug-likeness (QED) is 0.281. The number of unbranched alkanes of at least 4 members (excludes halogenated alkanes) is 6. The molecule has 0 radical (unpaired) electrons. The summed E-state index contributed by atoms with van der Waals surface area (Å²) in [4.78, 5) is 27.1. The zero-order valence-electron chi connectivity index (χ0n) is 16.2. The van der Waals surface area contributed by atoms with E-state index in [1.165, 1.54) is 38.5 Å². The highest BCUT2D eigenvalue weighted by Gasteiger charge is 2.27. The molecule has 7 heteroatoms. The molecule has 4 nitrogen and oxygen atoms in total. The summed E-state index contributed by atoms with van der Waals surface area (Å²) in [5, 5.41) is 0.878. The van der Waals surface area contributed by atoms with Crippen molar-refractivity contribution >= 4 is 40.0 Å². The molecule has 0 aliphatic carbocycles. The number of aromatic nitrogens is 2. The van der Waals surface area contributed by atoms with Crippen LogP contribution < -0.4 is 16.7 Å². The number of H-pyrrole nitrogens is 1. The zero-order chi connectivity index (χ0) is 18.7. The molecular formula is C18H33B2IN2O2. The molecule has 1 aromatic rings. The van der Waals surface area contributed by atoms with Gasteiger partial charge >= 0.3 is 5.69 Å². The molecule has 0 fully saturated rings. The van der Waals surface area contributed by atoms with Crippen LogP contribution in [-0.4, -0.2) is 21.7 Å². The summed E-state index contributed by atoms with van der Waals surface area (Å²) < 4.78 is 1.83. The van der Waals surface area contributed by atoms with E-state index >= 15 is 0 Å². The normalized spacial score (nSPS) is 11.5. The first kappa shape index (κ1) is 22.6. The van der Waals surface area contributed by atoms with Gasteiger partial charge in [-0.15, -0.1) is 0 Å². The largest absolute Gasteiger partial charge is 0.328 e. The maximum Gasteiger partial charge on any atom is 0.328 e. The molecule has 1 heterocycles. The third-order valence-electron chi connectivity index (χ3n) is 5.10. The van der Waals surface area contributed by atoms with Crippen LogP contribution in [0, 0.1) is 0 Å². The summed E-state index contributed by atoms with van der Waals surface area (Å²) >= 11 is 2.27. The highest BCUT2D eigenvalue weighted by Crippen LogP contribution is 2.28. The van der Waals surface area contributed by atoms with E-state index in [9.17, 15) is 9.59 Å². The summed E-state index contributed by atoms with van der Waals surface area (Å²) in [6.45, 7) is 6.62. The predicted octanol–water partition coefficient (Wildman–Crippen LogP) is 2.96. The standard InChI is InChI=1S/C18H33B2IN2O2/c1-4-6-8-10-12-18(3,13-11-9-7-5-2)23-14-15(19-20-21)16(24)22-17(23)25/h14,19-20H,4-13H2,1-3H3,(H,22,24,25). The number of halogens is 1. The van der Waals surface area contributed by atoms with Gasteiger partial charge in [-0.2, -0.15) is 22.4 Å². The number of rotatable bonds is 13. The van der Waals surface area contributed by atoms with Crippen LogP contribution in [0.1, 0.15) is 85.0 Å². The Morgan fingerprint density at radius 2 is 1.60 bits per heavy atom. The third kappa shape index (κ3) is 7.35. The van der Waals surface area contributed by atoms with Gasteiger partial charge in [0.1, 0.15) is 7.17 Å². The van der Waals surface area contributed by atoms with E-state index in [0.29, 0.717) is 7.17 Å².